The van der Waals surface area contributed by atoms with Crippen LogP contribution in [0.25, 0.3) is 10.8 Å². The molecule has 1 N–H and O–H groups in total. The lowest BCUT2D eigenvalue weighted by atomic mass is 10.0. The molecule has 0 saturated heterocycles. The van der Waals surface area contributed by atoms with Gasteiger partial charge in [-0.3, -0.25) is 9.10 Å². The van der Waals surface area contributed by atoms with E-state index in [1.807, 2.05) is 42.5 Å². The maximum Gasteiger partial charge on any atom is 0.264 e. The number of benzene rings is 4. The summed E-state index contributed by atoms with van der Waals surface area (Å²) in [5, 5.41) is 4.98. The van der Waals surface area contributed by atoms with Crippen LogP contribution in [0.5, 0.6) is 5.75 Å². The maximum atomic E-state index is 13.5. The van der Waals surface area contributed by atoms with Gasteiger partial charge in [0.1, 0.15) is 12.3 Å². The van der Waals surface area contributed by atoms with Crippen LogP contribution in [0, 0.1) is 0 Å². The second-order valence-electron chi connectivity index (χ2n) is 7.41. The van der Waals surface area contributed by atoms with Crippen molar-refractivity contribution >= 4 is 32.4 Å². The molecular formula is C26H24N2O4S. The van der Waals surface area contributed by atoms with Crippen molar-refractivity contribution in [3.63, 3.8) is 0 Å². The summed E-state index contributed by atoms with van der Waals surface area (Å²) < 4.78 is 33.4. The third-order valence-corrected chi connectivity index (χ3v) is 7.10. The minimum atomic E-state index is -4.01. The van der Waals surface area contributed by atoms with E-state index in [2.05, 4.69) is 5.32 Å². The van der Waals surface area contributed by atoms with Gasteiger partial charge in [0.2, 0.25) is 5.91 Å². The minimum Gasteiger partial charge on any atom is -0.495 e. The molecule has 0 aliphatic rings. The van der Waals surface area contributed by atoms with Crippen molar-refractivity contribution in [1.82, 2.24) is 5.32 Å². The van der Waals surface area contributed by atoms with Gasteiger partial charge in [0.25, 0.3) is 10.0 Å². The zero-order valence-electron chi connectivity index (χ0n) is 18.1. The Morgan fingerprint density at radius 1 is 0.848 bits per heavy atom. The maximum absolute atomic E-state index is 13.5. The number of anilines is 1. The third-order valence-electron chi connectivity index (χ3n) is 5.33. The zero-order chi connectivity index (χ0) is 23.3. The average Bonchev–Trinajstić information content (AvgIpc) is 2.86. The van der Waals surface area contributed by atoms with Crippen molar-refractivity contribution in [2.45, 2.75) is 11.4 Å². The number of methoxy groups -OCH3 is 1. The summed E-state index contributed by atoms with van der Waals surface area (Å²) in [5.41, 5.74) is 1.25. The van der Waals surface area contributed by atoms with Crippen LogP contribution in [0.1, 0.15) is 5.56 Å². The van der Waals surface area contributed by atoms with Gasteiger partial charge in [0, 0.05) is 6.54 Å². The van der Waals surface area contributed by atoms with Gasteiger partial charge in [-0.2, -0.15) is 0 Å². The molecule has 7 heteroatoms. The Kier molecular flexibility index (Phi) is 6.60. The van der Waals surface area contributed by atoms with Crippen LogP contribution in [-0.2, 0) is 21.4 Å². The molecule has 168 valence electrons. The Bertz CT molecular complexity index is 1370. The number of carbonyl (C=O) groups is 1. The molecule has 0 heterocycles. The van der Waals surface area contributed by atoms with Gasteiger partial charge in [-0.15, -0.1) is 0 Å². The summed E-state index contributed by atoms with van der Waals surface area (Å²) in [6, 6.07) is 28.6. The summed E-state index contributed by atoms with van der Waals surface area (Å²) in [6.45, 7) is -0.103. The van der Waals surface area contributed by atoms with Crippen LogP contribution < -0.4 is 14.4 Å². The van der Waals surface area contributed by atoms with E-state index in [9.17, 15) is 13.2 Å². The number of nitrogens with zero attached hydrogens (tertiary/aromatic N) is 1. The van der Waals surface area contributed by atoms with E-state index in [0.717, 1.165) is 20.6 Å². The van der Waals surface area contributed by atoms with Crippen LogP contribution in [0.4, 0.5) is 5.69 Å². The number of nitrogens with one attached hydrogen (secondary N) is 1. The Morgan fingerprint density at radius 3 is 2.30 bits per heavy atom. The normalized spacial score (nSPS) is 11.2. The number of fused-ring (bicyclic) bond motifs is 1. The first kappa shape index (κ1) is 22.4. The third kappa shape index (κ3) is 4.83. The molecule has 0 aliphatic heterocycles. The second kappa shape index (κ2) is 9.75. The van der Waals surface area contributed by atoms with E-state index in [-0.39, 0.29) is 18.0 Å². The quantitative estimate of drug-likeness (QED) is 0.424. The van der Waals surface area contributed by atoms with Crippen molar-refractivity contribution in [1.29, 1.82) is 0 Å². The fraction of sp³-hybridized carbons (Fsp3) is 0.115. The smallest absolute Gasteiger partial charge is 0.264 e. The van der Waals surface area contributed by atoms with Gasteiger partial charge in [-0.05, 0) is 40.6 Å². The number of ether oxygens (including phenoxy) is 1. The number of hydrogen-bond acceptors (Lipinski definition) is 4. The topological polar surface area (TPSA) is 75.7 Å². The van der Waals surface area contributed by atoms with Crippen molar-refractivity contribution in [2.75, 3.05) is 18.0 Å². The summed E-state index contributed by atoms with van der Waals surface area (Å²) in [4.78, 5) is 13.1. The lowest BCUT2D eigenvalue weighted by Crippen LogP contribution is -2.40. The molecule has 4 aromatic carbocycles. The van der Waals surface area contributed by atoms with Crippen LogP contribution >= 0.6 is 0 Å². The Balaban J connectivity index is 1.62. The second-order valence-corrected chi connectivity index (χ2v) is 9.27. The predicted octanol–water partition coefficient (Wildman–Crippen LogP) is 4.36. The first-order valence-electron chi connectivity index (χ1n) is 10.4. The van der Waals surface area contributed by atoms with Gasteiger partial charge < -0.3 is 10.1 Å². The van der Waals surface area contributed by atoms with E-state index in [0.29, 0.717) is 11.4 Å². The molecule has 0 aliphatic carbocycles. The van der Waals surface area contributed by atoms with Crippen LogP contribution in [0.15, 0.2) is 102 Å². The molecule has 0 saturated carbocycles. The van der Waals surface area contributed by atoms with Gasteiger partial charge in [0.05, 0.1) is 17.7 Å². The average molecular weight is 461 g/mol. The van der Waals surface area contributed by atoms with E-state index in [1.165, 1.54) is 19.2 Å². The largest absolute Gasteiger partial charge is 0.495 e. The highest BCUT2D eigenvalue weighted by Crippen LogP contribution is 2.32. The van der Waals surface area contributed by atoms with Gasteiger partial charge in [-0.1, -0.05) is 72.8 Å². The van der Waals surface area contributed by atoms with E-state index < -0.39 is 15.9 Å². The molecule has 0 fully saturated rings. The first-order valence-corrected chi connectivity index (χ1v) is 11.9. The van der Waals surface area contributed by atoms with E-state index >= 15 is 0 Å². The molecule has 1 amide bonds. The molecule has 0 aromatic heterocycles. The Hall–Kier alpha value is -3.84. The lowest BCUT2D eigenvalue weighted by Gasteiger charge is -2.25. The highest BCUT2D eigenvalue weighted by atomic mass is 32.2. The molecule has 4 aromatic rings. The van der Waals surface area contributed by atoms with Crippen LogP contribution in [-0.4, -0.2) is 28.0 Å². The standard InChI is InChI=1S/C26H24N2O4S/c1-32-25-17-8-7-16-24(25)28(33(30,31)22-13-3-2-4-14-22)19-26(29)27-18-21-12-9-11-20-10-5-6-15-23(20)21/h2-17H,18-19H2,1H3,(H,27,29). The molecule has 0 spiro atoms. The summed E-state index contributed by atoms with van der Waals surface area (Å²) >= 11 is 0. The zero-order valence-corrected chi connectivity index (χ0v) is 19.0. The first-order chi connectivity index (χ1) is 16.0. The minimum absolute atomic E-state index is 0.0951. The number of sulfonamides is 1. The number of carbonyl (C=O) groups excluding carboxylic acids is 1. The van der Waals surface area contributed by atoms with Gasteiger partial charge in [-0.25, -0.2) is 8.42 Å². The van der Waals surface area contributed by atoms with E-state index in [1.54, 1.807) is 42.5 Å². The Morgan fingerprint density at radius 2 is 1.52 bits per heavy atom. The van der Waals surface area contributed by atoms with Crippen LogP contribution in [0.3, 0.4) is 0 Å². The molecule has 0 unspecified atom stereocenters. The van der Waals surface area contributed by atoms with Gasteiger partial charge >= 0.3 is 0 Å². The highest BCUT2D eigenvalue weighted by molar-refractivity contribution is 7.92. The molecule has 0 bridgehead atoms. The summed E-state index contributed by atoms with van der Waals surface area (Å²) in [7, 11) is -2.54. The summed E-state index contributed by atoms with van der Waals surface area (Å²) in [6.07, 6.45) is 0. The molecule has 4 rings (SSSR count). The molecule has 6 nitrogen and oxygen atoms in total. The fourth-order valence-corrected chi connectivity index (χ4v) is 5.13. The fourth-order valence-electron chi connectivity index (χ4n) is 3.68. The molecule has 0 radical (unpaired) electrons. The van der Waals surface area contributed by atoms with Crippen LogP contribution in [0.2, 0.25) is 0 Å². The van der Waals surface area contributed by atoms with Crippen molar-refractivity contribution in [3.05, 3.63) is 103 Å². The lowest BCUT2D eigenvalue weighted by molar-refractivity contribution is -0.119. The Labute approximate surface area is 193 Å². The van der Waals surface area contributed by atoms with E-state index in [4.69, 9.17) is 4.74 Å². The molecule has 0 atom stereocenters. The number of rotatable bonds is 8. The van der Waals surface area contributed by atoms with Crippen molar-refractivity contribution in [2.24, 2.45) is 0 Å². The molecular weight excluding hydrogens is 436 g/mol. The number of amides is 1. The summed E-state index contributed by atoms with van der Waals surface area (Å²) in [5.74, 6) is -0.0628. The van der Waals surface area contributed by atoms with Crippen molar-refractivity contribution < 1.29 is 17.9 Å². The van der Waals surface area contributed by atoms with Crippen molar-refractivity contribution in [3.8, 4) is 5.75 Å². The monoisotopic (exact) mass is 460 g/mol. The molecule has 33 heavy (non-hydrogen) atoms. The number of para-hydroxylation sites is 2. The number of hydrogen-bond donors (Lipinski definition) is 1. The SMILES string of the molecule is COc1ccccc1N(CC(=O)NCc1cccc2ccccc12)S(=O)(=O)c1ccccc1. The van der Waals surface area contributed by atoms with Gasteiger partial charge in [0.15, 0.2) is 0 Å². The highest BCUT2D eigenvalue weighted by Gasteiger charge is 2.29. The predicted molar refractivity (Wildman–Crippen MR) is 130 cm³/mol.